The first kappa shape index (κ1) is 9.88. The average molecular weight is 201 g/mol. The van der Waals surface area contributed by atoms with E-state index in [2.05, 4.69) is 15.5 Å². The van der Waals surface area contributed by atoms with E-state index in [4.69, 9.17) is 17.3 Å². The predicted octanol–water partition coefficient (Wildman–Crippen LogP) is 0.416. The van der Waals surface area contributed by atoms with Crippen LogP contribution in [0.15, 0.2) is 12.1 Å². The molecular weight excluding hydrogens is 192 g/mol. The van der Waals surface area contributed by atoms with Gasteiger partial charge in [0.2, 0.25) is 5.91 Å². The number of nitrogens with zero attached hydrogens (tertiary/aromatic N) is 2. The van der Waals surface area contributed by atoms with E-state index in [1.54, 1.807) is 13.0 Å². The fourth-order valence-electron chi connectivity index (χ4n) is 0.623. The molecule has 6 heteroatoms. The van der Waals surface area contributed by atoms with E-state index in [1.165, 1.54) is 6.07 Å². The lowest BCUT2D eigenvalue weighted by Crippen LogP contribution is -2.32. The van der Waals surface area contributed by atoms with Crippen molar-refractivity contribution in [2.24, 2.45) is 5.73 Å². The second kappa shape index (κ2) is 4.15. The van der Waals surface area contributed by atoms with Crippen LogP contribution in [0, 0.1) is 0 Å². The summed E-state index contributed by atoms with van der Waals surface area (Å²) in [6.45, 7) is 1.58. The third-order valence-corrected chi connectivity index (χ3v) is 1.50. The molecule has 1 aromatic rings. The van der Waals surface area contributed by atoms with Crippen LogP contribution in [0.3, 0.4) is 0 Å². The van der Waals surface area contributed by atoms with Crippen molar-refractivity contribution in [1.29, 1.82) is 0 Å². The molecule has 13 heavy (non-hydrogen) atoms. The highest BCUT2D eigenvalue weighted by Gasteiger charge is 2.07. The Morgan fingerprint density at radius 3 is 2.77 bits per heavy atom. The number of halogens is 1. The Hall–Kier alpha value is -1.20. The third-order valence-electron chi connectivity index (χ3n) is 1.30. The summed E-state index contributed by atoms with van der Waals surface area (Å²) in [6, 6.07) is 2.51. The normalized spacial score (nSPS) is 12.2. The van der Waals surface area contributed by atoms with Gasteiger partial charge in [-0.2, -0.15) is 0 Å². The fourth-order valence-corrected chi connectivity index (χ4v) is 0.724. The van der Waals surface area contributed by atoms with Gasteiger partial charge in [-0.3, -0.25) is 4.79 Å². The molecule has 0 saturated heterocycles. The molecule has 0 fully saturated rings. The summed E-state index contributed by atoms with van der Waals surface area (Å²) in [5.74, 6) is 0.0309. The summed E-state index contributed by atoms with van der Waals surface area (Å²) in [5, 5.41) is 9.93. The lowest BCUT2D eigenvalue weighted by atomic mass is 10.3. The number of carbonyl (C=O) groups excluding carboxylic acids is 1. The molecule has 1 amide bonds. The number of rotatable bonds is 2. The Balaban J connectivity index is 2.65. The van der Waals surface area contributed by atoms with Crippen LogP contribution in [-0.4, -0.2) is 22.1 Å². The number of aromatic nitrogens is 2. The van der Waals surface area contributed by atoms with Gasteiger partial charge in [-0.1, -0.05) is 11.6 Å². The minimum Gasteiger partial charge on any atom is -0.320 e. The van der Waals surface area contributed by atoms with Crippen LogP contribution >= 0.6 is 11.6 Å². The minimum absolute atomic E-state index is 0.277. The first-order valence-electron chi connectivity index (χ1n) is 3.65. The molecule has 0 unspecified atom stereocenters. The SMILES string of the molecule is C[C@H](N)C(=O)Nc1ccc(Cl)nn1. The summed E-state index contributed by atoms with van der Waals surface area (Å²) in [7, 11) is 0. The van der Waals surface area contributed by atoms with Crippen LogP contribution < -0.4 is 11.1 Å². The van der Waals surface area contributed by atoms with Gasteiger partial charge in [-0.05, 0) is 19.1 Å². The van der Waals surface area contributed by atoms with Crippen LogP contribution in [0.5, 0.6) is 0 Å². The van der Waals surface area contributed by atoms with E-state index in [-0.39, 0.29) is 11.1 Å². The maximum atomic E-state index is 11.1. The van der Waals surface area contributed by atoms with Crippen molar-refractivity contribution in [3.8, 4) is 0 Å². The standard InChI is InChI=1S/C7H9ClN4O/c1-4(9)7(13)10-6-3-2-5(8)11-12-6/h2-4H,9H2,1H3,(H,10,12,13)/t4-/m0/s1. The van der Waals surface area contributed by atoms with Crippen LogP contribution in [0.25, 0.3) is 0 Å². The number of carbonyl (C=O) groups is 1. The highest BCUT2D eigenvalue weighted by molar-refractivity contribution is 6.29. The van der Waals surface area contributed by atoms with Crippen LogP contribution in [0.4, 0.5) is 5.82 Å². The minimum atomic E-state index is -0.572. The van der Waals surface area contributed by atoms with Crippen molar-refractivity contribution in [3.63, 3.8) is 0 Å². The zero-order valence-electron chi connectivity index (χ0n) is 6.99. The van der Waals surface area contributed by atoms with Gasteiger partial charge in [0.15, 0.2) is 11.0 Å². The molecule has 0 aliphatic heterocycles. The molecule has 1 rings (SSSR count). The molecule has 5 nitrogen and oxygen atoms in total. The molecule has 1 heterocycles. The molecule has 0 aromatic carbocycles. The fraction of sp³-hybridized carbons (Fsp3) is 0.286. The maximum absolute atomic E-state index is 11.1. The van der Waals surface area contributed by atoms with Crippen molar-refractivity contribution in [2.75, 3.05) is 5.32 Å². The Bertz CT molecular complexity index is 298. The summed E-state index contributed by atoms with van der Waals surface area (Å²) in [4.78, 5) is 11.1. The smallest absolute Gasteiger partial charge is 0.242 e. The molecule has 0 bridgehead atoms. The molecule has 3 N–H and O–H groups in total. The zero-order valence-corrected chi connectivity index (χ0v) is 7.75. The average Bonchev–Trinajstić information content (AvgIpc) is 2.08. The number of hydrogen-bond donors (Lipinski definition) is 2. The molecular formula is C7H9ClN4O. The largest absolute Gasteiger partial charge is 0.320 e. The van der Waals surface area contributed by atoms with Gasteiger partial charge in [0, 0.05) is 0 Å². The van der Waals surface area contributed by atoms with E-state index in [1.807, 2.05) is 0 Å². The predicted molar refractivity (Wildman–Crippen MR) is 49.3 cm³/mol. The topological polar surface area (TPSA) is 80.9 Å². The number of amides is 1. The highest BCUT2D eigenvalue weighted by Crippen LogP contribution is 2.05. The van der Waals surface area contributed by atoms with Gasteiger partial charge in [-0.25, -0.2) is 0 Å². The Labute approximate surface area is 80.3 Å². The summed E-state index contributed by atoms with van der Waals surface area (Å²) in [5.41, 5.74) is 5.33. The second-order valence-corrected chi connectivity index (χ2v) is 2.91. The van der Waals surface area contributed by atoms with Crippen molar-refractivity contribution in [3.05, 3.63) is 17.3 Å². The quantitative estimate of drug-likeness (QED) is 0.725. The van der Waals surface area contributed by atoms with E-state index < -0.39 is 6.04 Å². The molecule has 0 radical (unpaired) electrons. The van der Waals surface area contributed by atoms with Crippen molar-refractivity contribution in [2.45, 2.75) is 13.0 Å². The highest BCUT2D eigenvalue weighted by atomic mass is 35.5. The maximum Gasteiger partial charge on any atom is 0.242 e. The second-order valence-electron chi connectivity index (χ2n) is 2.52. The number of nitrogens with two attached hydrogens (primary N) is 1. The van der Waals surface area contributed by atoms with Gasteiger partial charge < -0.3 is 11.1 Å². The lowest BCUT2D eigenvalue weighted by molar-refractivity contribution is -0.117. The summed E-state index contributed by atoms with van der Waals surface area (Å²) < 4.78 is 0. The van der Waals surface area contributed by atoms with Gasteiger partial charge >= 0.3 is 0 Å². The van der Waals surface area contributed by atoms with Gasteiger partial charge in [-0.15, -0.1) is 10.2 Å². The molecule has 1 atom stereocenters. The van der Waals surface area contributed by atoms with E-state index in [0.717, 1.165) is 0 Å². The summed E-state index contributed by atoms with van der Waals surface area (Å²) in [6.07, 6.45) is 0. The van der Waals surface area contributed by atoms with Crippen molar-refractivity contribution >= 4 is 23.3 Å². The summed E-state index contributed by atoms with van der Waals surface area (Å²) >= 11 is 5.50. The molecule has 0 aliphatic rings. The van der Waals surface area contributed by atoms with Crippen LogP contribution in [0.1, 0.15) is 6.92 Å². The third kappa shape index (κ3) is 2.96. The molecule has 0 aliphatic carbocycles. The number of nitrogens with one attached hydrogen (secondary N) is 1. The molecule has 0 saturated carbocycles. The zero-order chi connectivity index (χ0) is 9.84. The van der Waals surface area contributed by atoms with Crippen LogP contribution in [-0.2, 0) is 4.79 Å². The van der Waals surface area contributed by atoms with Crippen molar-refractivity contribution < 1.29 is 4.79 Å². The first-order chi connectivity index (χ1) is 6.09. The molecule has 0 spiro atoms. The van der Waals surface area contributed by atoms with Crippen LogP contribution in [0.2, 0.25) is 5.15 Å². The Kier molecular flexibility index (Phi) is 3.16. The van der Waals surface area contributed by atoms with Gasteiger partial charge in [0.25, 0.3) is 0 Å². The van der Waals surface area contributed by atoms with E-state index in [0.29, 0.717) is 5.82 Å². The number of hydrogen-bond acceptors (Lipinski definition) is 4. The Morgan fingerprint density at radius 2 is 2.31 bits per heavy atom. The van der Waals surface area contributed by atoms with Gasteiger partial charge in [0.05, 0.1) is 6.04 Å². The lowest BCUT2D eigenvalue weighted by Gasteiger charge is -2.05. The van der Waals surface area contributed by atoms with Crippen molar-refractivity contribution in [1.82, 2.24) is 10.2 Å². The Morgan fingerprint density at radius 1 is 1.62 bits per heavy atom. The molecule has 1 aromatic heterocycles. The van der Waals surface area contributed by atoms with E-state index in [9.17, 15) is 4.79 Å². The number of anilines is 1. The first-order valence-corrected chi connectivity index (χ1v) is 4.03. The van der Waals surface area contributed by atoms with Gasteiger partial charge in [0.1, 0.15) is 0 Å². The van der Waals surface area contributed by atoms with E-state index >= 15 is 0 Å². The molecule has 70 valence electrons. The monoisotopic (exact) mass is 200 g/mol.